The number of aromatic nitrogens is 1. The van der Waals surface area contributed by atoms with Gasteiger partial charge in [-0.25, -0.2) is 8.42 Å². The molecule has 0 unspecified atom stereocenters. The Morgan fingerprint density at radius 2 is 1.77 bits per heavy atom. The third-order valence-electron chi connectivity index (χ3n) is 5.94. The van der Waals surface area contributed by atoms with E-state index in [2.05, 4.69) is 17.0 Å². The number of aryl methyl sites for hydroxylation is 1. The number of ether oxygens (including phenoxy) is 1. The Balaban J connectivity index is 1.71. The van der Waals surface area contributed by atoms with Gasteiger partial charge in [0.2, 0.25) is 0 Å². The van der Waals surface area contributed by atoms with Gasteiger partial charge >= 0.3 is 0 Å². The summed E-state index contributed by atoms with van der Waals surface area (Å²) in [6, 6.07) is 12.8. The van der Waals surface area contributed by atoms with E-state index < -0.39 is 9.84 Å². The van der Waals surface area contributed by atoms with Crippen LogP contribution in [0.2, 0.25) is 0 Å². The lowest BCUT2D eigenvalue weighted by atomic mass is 9.89. The minimum Gasteiger partial charge on any atom is -0.497 e. The van der Waals surface area contributed by atoms with Gasteiger partial charge in [-0.2, -0.15) is 0 Å². The Labute approximate surface area is 178 Å². The van der Waals surface area contributed by atoms with Crippen LogP contribution in [0, 0.1) is 0 Å². The van der Waals surface area contributed by atoms with Crippen molar-refractivity contribution in [3.63, 3.8) is 0 Å². The standard InChI is InChI=1S/C23H26N2O4S/c1-24-21-9-8-19(30(3,27)28)14-20(21)22(15-23(24)26)25-12-10-17(11-13-25)16-4-6-18(29-2)7-5-16/h4-9,14-15,17H,10-13H2,1-3H3/i15D. The van der Waals surface area contributed by atoms with Crippen LogP contribution in [0.25, 0.3) is 10.9 Å². The third-order valence-corrected chi connectivity index (χ3v) is 7.05. The number of sulfone groups is 1. The minimum atomic E-state index is -3.41. The molecule has 7 heteroatoms. The molecule has 0 spiro atoms. The molecular formula is C23H26N2O4S. The molecule has 158 valence electrons. The zero-order valence-electron chi connectivity index (χ0n) is 18.4. The second-order valence-corrected chi connectivity index (χ2v) is 9.84. The number of pyridine rings is 1. The number of benzene rings is 2. The van der Waals surface area contributed by atoms with Crippen LogP contribution in [-0.4, -0.2) is 39.4 Å². The number of methoxy groups -OCH3 is 1. The van der Waals surface area contributed by atoms with Crippen molar-refractivity contribution in [2.24, 2.45) is 7.05 Å². The van der Waals surface area contributed by atoms with Gasteiger partial charge in [-0.15, -0.1) is 0 Å². The first-order chi connectivity index (χ1) is 14.7. The van der Waals surface area contributed by atoms with Crippen molar-refractivity contribution in [1.82, 2.24) is 4.57 Å². The summed E-state index contributed by atoms with van der Waals surface area (Å²) in [6.07, 6.45) is 2.93. The zero-order chi connectivity index (χ0) is 22.3. The van der Waals surface area contributed by atoms with Crippen LogP contribution < -0.4 is 15.2 Å². The van der Waals surface area contributed by atoms with Crippen molar-refractivity contribution in [2.45, 2.75) is 23.7 Å². The van der Waals surface area contributed by atoms with Crippen LogP contribution in [0.5, 0.6) is 5.75 Å². The Hall–Kier alpha value is -2.80. The highest BCUT2D eigenvalue weighted by molar-refractivity contribution is 7.90. The van der Waals surface area contributed by atoms with Gasteiger partial charge < -0.3 is 14.2 Å². The average molecular weight is 428 g/mol. The third kappa shape index (κ3) is 3.81. The number of piperidine rings is 1. The summed E-state index contributed by atoms with van der Waals surface area (Å²) in [4.78, 5) is 14.9. The molecule has 1 aliphatic heterocycles. The van der Waals surface area contributed by atoms with E-state index in [1.54, 1.807) is 26.3 Å². The van der Waals surface area contributed by atoms with Gasteiger partial charge in [0.25, 0.3) is 5.56 Å². The summed E-state index contributed by atoms with van der Waals surface area (Å²) in [5.41, 5.74) is 2.02. The Kier molecular flexibility index (Phi) is 4.98. The minimum absolute atomic E-state index is 0.0939. The first-order valence-electron chi connectivity index (χ1n) is 10.4. The number of hydrogen-bond acceptors (Lipinski definition) is 5. The van der Waals surface area contributed by atoms with Crippen molar-refractivity contribution >= 4 is 26.4 Å². The molecule has 2 aromatic carbocycles. The van der Waals surface area contributed by atoms with E-state index in [4.69, 9.17) is 6.11 Å². The lowest BCUT2D eigenvalue weighted by Gasteiger charge is -2.34. The molecule has 0 N–H and O–H groups in total. The molecule has 0 saturated carbocycles. The van der Waals surface area contributed by atoms with E-state index in [9.17, 15) is 13.2 Å². The summed E-state index contributed by atoms with van der Waals surface area (Å²) < 4.78 is 39.4. The molecule has 1 aliphatic rings. The summed E-state index contributed by atoms with van der Waals surface area (Å²) in [6.45, 7) is 1.38. The molecule has 0 aliphatic carbocycles. The highest BCUT2D eigenvalue weighted by atomic mass is 32.2. The Morgan fingerprint density at radius 1 is 1.10 bits per heavy atom. The number of rotatable bonds is 4. The molecule has 1 fully saturated rings. The predicted octanol–water partition coefficient (Wildman–Crippen LogP) is 3.33. The van der Waals surface area contributed by atoms with Crippen molar-refractivity contribution < 1.29 is 14.5 Å². The Morgan fingerprint density at radius 3 is 2.37 bits per heavy atom. The van der Waals surface area contributed by atoms with Crippen molar-refractivity contribution in [1.29, 1.82) is 0 Å². The van der Waals surface area contributed by atoms with Crippen molar-refractivity contribution in [3.8, 4) is 5.75 Å². The molecule has 4 rings (SSSR count). The molecule has 0 radical (unpaired) electrons. The molecular weight excluding hydrogens is 400 g/mol. The fraction of sp³-hybridized carbons (Fsp3) is 0.348. The van der Waals surface area contributed by atoms with Crippen LogP contribution in [0.4, 0.5) is 5.69 Å². The summed E-state index contributed by atoms with van der Waals surface area (Å²) >= 11 is 0. The highest BCUT2D eigenvalue weighted by Gasteiger charge is 2.23. The van der Waals surface area contributed by atoms with Gasteiger partial charge in [0.1, 0.15) is 5.75 Å². The highest BCUT2D eigenvalue weighted by Crippen LogP contribution is 2.34. The van der Waals surface area contributed by atoms with Gasteiger partial charge in [0.15, 0.2) is 9.84 Å². The second kappa shape index (κ2) is 7.80. The number of anilines is 1. The lowest BCUT2D eigenvalue weighted by molar-refractivity contribution is 0.414. The molecule has 2 heterocycles. The van der Waals surface area contributed by atoms with Crippen LogP contribution in [0.3, 0.4) is 0 Å². The number of fused-ring (bicyclic) bond motifs is 1. The maximum absolute atomic E-state index is 12.7. The SMILES string of the molecule is [2H]c1c(N2CCC(c3ccc(OC)cc3)CC2)c2cc(S(C)(=O)=O)ccc2n(C)c1=O. The average Bonchev–Trinajstić information content (AvgIpc) is 2.77. The molecule has 0 atom stereocenters. The van der Waals surface area contributed by atoms with Crippen LogP contribution in [-0.2, 0) is 16.9 Å². The number of nitrogens with zero attached hydrogens (tertiary/aromatic N) is 2. The normalized spacial score (nSPS) is 16.0. The van der Waals surface area contributed by atoms with Crippen LogP contribution >= 0.6 is 0 Å². The maximum atomic E-state index is 12.7. The maximum Gasteiger partial charge on any atom is 0.252 e. The monoisotopic (exact) mass is 427 g/mol. The zero-order valence-corrected chi connectivity index (χ0v) is 18.2. The fourth-order valence-corrected chi connectivity index (χ4v) is 4.80. The summed E-state index contributed by atoms with van der Waals surface area (Å²) in [5.74, 6) is 1.22. The second-order valence-electron chi connectivity index (χ2n) is 7.82. The molecule has 1 saturated heterocycles. The van der Waals surface area contributed by atoms with Crippen molar-refractivity contribution in [2.75, 3.05) is 31.4 Å². The number of hydrogen-bond donors (Lipinski definition) is 0. The van der Waals surface area contributed by atoms with Crippen molar-refractivity contribution in [3.05, 3.63) is 64.4 Å². The first-order valence-corrected chi connectivity index (χ1v) is 11.8. The van der Waals surface area contributed by atoms with Gasteiger partial charge in [-0.1, -0.05) is 12.1 Å². The fourth-order valence-electron chi connectivity index (χ4n) is 4.15. The van der Waals surface area contributed by atoms with Gasteiger partial charge in [-0.3, -0.25) is 4.79 Å². The van der Waals surface area contributed by atoms with E-state index in [0.29, 0.717) is 35.6 Å². The topological polar surface area (TPSA) is 68.6 Å². The summed E-state index contributed by atoms with van der Waals surface area (Å²) in [7, 11) is -0.144. The van der Waals surface area contributed by atoms with E-state index >= 15 is 0 Å². The molecule has 1 aromatic heterocycles. The summed E-state index contributed by atoms with van der Waals surface area (Å²) in [5, 5.41) is 0.623. The molecule has 6 nitrogen and oxygen atoms in total. The largest absolute Gasteiger partial charge is 0.497 e. The van der Waals surface area contributed by atoms with E-state index in [1.165, 1.54) is 16.2 Å². The predicted molar refractivity (Wildman–Crippen MR) is 119 cm³/mol. The molecule has 0 amide bonds. The smallest absolute Gasteiger partial charge is 0.252 e. The first kappa shape index (κ1) is 19.2. The van der Waals surface area contributed by atoms with Crippen LogP contribution in [0.15, 0.2) is 58.2 Å². The Bertz CT molecular complexity index is 1290. The molecule has 3 aromatic rings. The van der Waals surface area contributed by atoms with E-state index in [0.717, 1.165) is 24.8 Å². The van der Waals surface area contributed by atoms with Gasteiger partial charge in [0, 0.05) is 37.8 Å². The van der Waals surface area contributed by atoms with Gasteiger partial charge in [-0.05, 0) is 54.7 Å². The molecule has 30 heavy (non-hydrogen) atoms. The quantitative estimate of drug-likeness (QED) is 0.639. The lowest BCUT2D eigenvalue weighted by Crippen LogP contribution is -2.34. The van der Waals surface area contributed by atoms with E-state index in [-0.39, 0.29) is 16.5 Å². The van der Waals surface area contributed by atoms with Gasteiger partial charge in [0.05, 0.1) is 24.6 Å². The molecule has 0 bridgehead atoms. The van der Waals surface area contributed by atoms with E-state index in [1.807, 2.05) is 12.1 Å². The van der Waals surface area contributed by atoms with Crippen LogP contribution in [0.1, 0.15) is 25.7 Å².